The number of carbonyl (C=O) groups excluding carboxylic acids is 2. The molecule has 1 radical (unpaired) electrons. The van der Waals surface area contributed by atoms with E-state index in [1.54, 1.807) is 6.07 Å². The van der Waals surface area contributed by atoms with Gasteiger partial charge in [-0.3, -0.25) is 9.59 Å². The van der Waals surface area contributed by atoms with Gasteiger partial charge in [0.15, 0.2) is 0 Å². The Kier molecular flexibility index (Phi) is 8.33. The number of anilines is 2. The first-order valence-corrected chi connectivity index (χ1v) is 16.5. The summed E-state index contributed by atoms with van der Waals surface area (Å²) in [4.78, 5) is 30.2. The molecule has 0 saturated carbocycles. The van der Waals surface area contributed by atoms with Crippen molar-refractivity contribution in [1.82, 2.24) is 4.98 Å². The maximum atomic E-state index is 13.6. The van der Waals surface area contributed by atoms with Gasteiger partial charge in [0.2, 0.25) is 0 Å². The number of hydrogen-bond donors (Lipinski definition) is 3. The van der Waals surface area contributed by atoms with Crippen LogP contribution in [0.5, 0.6) is 5.75 Å². The molecule has 40 heavy (non-hydrogen) atoms. The molecule has 0 fully saturated rings. The molecule has 209 valence electrons. The lowest BCUT2D eigenvalue weighted by Crippen LogP contribution is -2.23. The molecule has 0 saturated heterocycles. The first-order valence-electron chi connectivity index (χ1n) is 13.3. The molecule has 2 amide bonds. The van der Waals surface area contributed by atoms with Crippen LogP contribution in [0.4, 0.5) is 11.4 Å². The van der Waals surface area contributed by atoms with Crippen LogP contribution in [0.1, 0.15) is 73.4 Å². The van der Waals surface area contributed by atoms with Crippen LogP contribution in [0.2, 0.25) is 13.1 Å². The molecule has 0 unspecified atom stereocenters. The zero-order chi connectivity index (χ0) is 29.4. The van der Waals surface area contributed by atoms with Crippen molar-refractivity contribution in [1.29, 1.82) is 0 Å². The first kappa shape index (κ1) is 29.6. The summed E-state index contributed by atoms with van der Waals surface area (Å²) >= 11 is 3.51. The maximum Gasteiger partial charge on any atom is 0.274 e. The molecule has 4 aromatic rings. The van der Waals surface area contributed by atoms with E-state index < -0.39 is 9.04 Å². The number of carbonyl (C=O) groups is 2. The standard InChI is InChI=1S/C32H37BrN3O3Si/c1-31(2,3)21-12-9-19(10-13-21)29(37)36-27-25(16-15-23(32(4,5)6)28(27)39-40(7)8)35-30(38)20-11-14-22-24(33)18-34-26(22)17-20/h9-18,34H,1-8H3,(H,35,38)(H,36,37). The van der Waals surface area contributed by atoms with Crippen molar-refractivity contribution in [2.24, 2.45) is 0 Å². The van der Waals surface area contributed by atoms with E-state index in [4.69, 9.17) is 4.43 Å². The minimum absolute atomic E-state index is 0.0195. The summed E-state index contributed by atoms with van der Waals surface area (Å²) in [5.41, 5.74) is 4.63. The summed E-state index contributed by atoms with van der Waals surface area (Å²) in [5.74, 6) is 0.0312. The quantitative estimate of drug-likeness (QED) is 0.189. The highest BCUT2D eigenvalue weighted by molar-refractivity contribution is 9.10. The maximum absolute atomic E-state index is 13.6. The second-order valence-electron chi connectivity index (χ2n) is 12.3. The number of halogens is 1. The molecule has 0 bridgehead atoms. The molecule has 0 aliphatic heterocycles. The number of rotatable bonds is 6. The molecule has 1 aromatic heterocycles. The second-order valence-corrected chi connectivity index (χ2v) is 15.1. The smallest absolute Gasteiger partial charge is 0.274 e. The van der Waals surface area contributed by atoms with Crippen LogP contribution >= 0.6 is 15.9 Å². The first-order chi connectivity index (χ1) is 18.6. The van der Waals surface area contributed by atoms with Gasteiger partial charge in [0, 0.05) is 38.3 Å². The van der Waals surface area contributed by atoms with Crippen molar-refractivity contribution in [3.8, 4) is 5.75 Å². The third-order valence-electron chi connectivity index (χ3n) is 6.67. The van der Waals surface area contributed by atoms with Crippen LogP contribution < -0.4 is 15.1 Å². The zero-order valence-electron chi connectivity index (χ0n) is 24.4. The van der Waals surface area contributed by atoms with Gasteiger partial charge in [-0.1, -0.05) is 65.8 Å². The fourth-order valence-electron chi connectivity index (χ4n) is 4.45. The van der Waals surface area contributed by atoms with Gasteiger partial charge in [0.25, 0.3) is 20.9 Å². The number of fused-ring (bicyclic) bond motifs is 1. The van der Waals surface area contributed by atoms with E-state index in [1.165, 1.54) is 0 Å². The number of H-pyrrole nitrogens is 1. The summed E-state index contributed by atoms with van der Waals surface area (Å²) in [5, 5.41) is 7.11. The summed E-state index contributed by atoms with van der Waals surface area (Å²) in [6.07, 6.45) is 1.84. The van der Waals surface area contributed by atoms with Gasteiger partial charge in [-0.05, 0) is 75.7 Å². The van der Waals surface area contributed by atoms with Gasteiger partial charge in [-0.25, -0.2) is 0 Å². The number of aromatic amines is 1. The predicted octanol–water partition coefficient (Wildman–Crippen LogP) is 8.66. The van der Waals surface area contributed by atoms with E-state index in [9.17, 15) is 9.59 Å². The molecule has 6 nitrogen and oxygen atoms in total. The Labute approximate surface area is 246 Å². The van der Waals surface area contributed by atoms with Crippen LogP contribution in [0.3, 0.4) is 0 Å². The van der Waals surface area contributed by atoms with Gasteiger partial charge in [-0.2, -0.15) is 0 Å². The Bertz CT molecular complexity index is 1560. The highest BCUT2D eigenvalue weighted by atomic mass is 79.9. The fourth-order valence-corrected chi connectivity index (χ4v) is 5.53. The van der Waals surface area contributed by atoms with E-state index in [1.807, 2.05) is 67.8 Å². The summed E-state index contributed by atoms with van der Waals surface area (Å²) < 4.78 is 7.35. The number of benzene rings is 3. The van der Waals surface area contributed by atoms with E-state index >= 15 is 0 Å². The summed E-state index contributed by atoms with van der Waals surface area (Å²) in [7, 11) is -1.20. The van der Waals surface area contributed by atoms with Gasteiger partial charge >= 0.3 is 0 Å². The highest BCUT2D eigenvalue weighted by Gasteiger charge is 2.27. The third kappa shape index (κ3) is 6.50. The third-order valence-corrected chi connectivity index (χ3v) is 7.93. The number of amides is 2. The Morgan fingerprint density at radius 2 is 1.45 bits per heavy atom. The number of nitrogens with one attached hydrogen (secondary N) is 3. The van der Waals surface area contributed by atoms with Crippen molar-refractivity contribution < 1.29 is 14.0 Å². The predicted molar refractivity (Wildman–Crippen MR) is 170 cm³/mol. The lowest BCUT2D eigenvalue weighted by atomic mass is 9.85. The number of aromatic nitrogens is 1. The van der Waals surface area contributed by atoms with Crippen LogP contribution in [0, 0.1) is 0 Å². The Hall–Kier alpha value is -3.36. The summed E-state index contributed by atoms with van der Waals surface area (Å²) in [6.45, 7) is 16.8. The lowest BCUT2D eigenvalue weighted by Gasteiger charge is -2.28. The Morgan fingerprint density at radius 3 is 2.05 bits per heavy atom. The molecule has 0 spiro atoms. The topological polar surface area (TPSA) is 83.2 Å². The van der Waals surface area contributed by atoms with E-state index in [-0.39, 0.29) is 22.6 Å². The van der Waals surface area contributed by atoms with Gasteiger partial charge in [-0.15, -0.1) is 0 Å². The molecule has 0 atom stereocenters. The van der Waals surface area contributed by atoms with E-state index in [0.29, 0.717) is 28.3 Å². The van der Waals surface area contributed by atoms with E-state index in [2.05, 4.69) is 73.1 Å². The molecule has 4 rings (SSSR count). The Balaban J connectivity index is 1.76. The SMILES string of the molecule is C[Si](C)Oc1c(C(C)(C)C)ccc(NC(=O)c2ccc3c(Br)c[nH]c3c2)c1NC(=O)c1ccc(C(C)(C)C)cc1. The van der Waals surface area contributed by atoms with Gasteiger partial charge < -0.3 is 20.0 Å². The zero-order valence-corrected chi connectivity index (χ0v) is 27.0. The molecule has 3 aromatic carbocycles. The summed E-state index contributed by atoms with van der Waals surface area (Å²) in [6, 6.07) is 16.9. The molecular weight excluding hydrogens is 582 g/mol. The second kappa shape index (κ2) is 11.3. The minimum Gasteiger partial charge on any atom is -0.541 e. The van der Waals surface area contributed by atoms with Crippen LogP contribution in [0.25, 0.3) is 10.9 Å². The molecule has 1 heterocycles. The van der Waals surface area contributed by atoms with Gasteiger partial charge in [0.1, 0.15) is 11.4 Å². The number of hydrogen-bond acceptors (Lipinski definition) is 3. The molecule has 8 heteroatoms. The van der Waals surface area contributed by atoms with E-state index in [0.717, 1.165) is 26.5 Å². The van der Waals surface area contributed by atoms with Crippen molar-refractivity contribution in [2.75, 3.05) is 10.6 Å². The molecular formula is C32H37BrN3O3Si. The van der Waals surface area contributed by atoms with Crippen molar-refractivity contribution in [2.45, 2.75) is 65.5 Å². The van der Waals surface area contributed by atoms with Crippen LogP contribution in [-0.2, 0) is 10.8 Å². The van der Waals surface area contributed by atoms with Crippen molar-refractivity contribution in [3.63, 3.8) is 0 Å². The molecule has 3 N–H and O–H groups in total. The Morgan fingerprint density at radius 1 is 0.825 bits per heavy atom. The average Bonchev–Trinajstić information content (AvgIpc) is 3.24. The highest BCUT2D eigenvalue weighted by Crippen LogP contribution is 2.42. The van der Waals surface area contributed by atoms with Crippen molar-refractivity contribution >= 4 is 59.1 Å². The van der Waals surface area contributed by atoms with Crippen LogP contribution in [-0.4, -0.2) is 25.8 Å². The van der Waals surface area contributed by atoms with Crippen molar-refractivity contribution in [3.05, 3.63) is 87.5 Å². The normalized spacial score (nSPS) is 12.1. The fraction of sp³-hybridized carbons (Fsp3) is 0.312. The van der Waals surface area contributed by atoms with Crippen LogP contribution in [0.15, 0.2) is 65.3 Å². The van der Waals surface area contributed by atoms with Gasteiger partial charge in [0.05, 0.1) is 5.69 Å². The molecule has 0 aliphatic carbocycles. The molecule has 0 aliphatic rings. The largest absolute Gasteiger partial charge is 0.541 e. The monoisotopic (exact) mass is 618 g/mol. The minimum atomic E-state index is -1.20. The average molecular weight is 620 g/mol. The lowest BCUT2D eigenvalue weighted by molar-refractivity contribution is 0.101.